The maximum atomic E-state index is 13.8. The number of hydrogen-bond donors (Lipinski definition) is 0. The molecule has 0 radical (unpaired) electrons. The highest BCUT2D eigenvalue weighted by Gasteiger charge is 2.71. The number of hydrogen-bond acceptors (Lipinski definition) is 2. The minimum absolute atomic E-state index is 0.0668. The summed E-state index contributed by atoms with van der Waals surface area (Å²) < 4.78 is 30.6. The minimum Gasteiger partial charge on any atom is -0.271 e. The molecule has 120 valence electrons. The first kappa shape index (κ1) is 13.7. The van der Waals surface area contributed by atoms with E-state index in [1.807, 2.05) is 0 Å². The largest absolute Gasteiger partial charge is 0.347 e. The van der Waals surface area contributed by atoms with Crippen molar-refractivity contribution in [3.05, 3.63) is 50.9 Å². The first-order valence-corrected chi connectivity index (χ1v) is 8.14. The Labute approximate surface area is 135 Å². The van der Waals surface area contributed by atoms with E-state index < -0.39 is 17.0 Å². The highest BCUT2D eigenvalue weighted by Crippen LogP contribution is 2.66. The van der Waals surface area contributed by atoms with Crippen LogP contribution in [0.3, 0.4) is 0 Å². The molecule has 0 spiro atoms. The molecule has 1 atom stereocenters. The third kappa shape index (κ3) is 1.65. The van der Waals surface area contributed by atoms with Gasteiger partial charge in [-0.3, -0.25) is 4.57 Å². The molecule has 2 heterocycles. The van der Waals surface area contributed by atoms with Gasteiger partial charge >= 0.3 is 5.69 Å². The molecule has 3 saturated carbocycles. The molecule has 1 aromatic carbocycles. The van der Waals surface area contributed by atoms with E-state index in [0.717, 1.165) is 0 Å². The second kappa shape index (κ2) is 4.04. The zero-order valence-corrected chi connectivity index (χ0v) is 13.0. The molecule has 0 unspecified atom stereocenters. The van der Waals surface area contributed by atoms with E-state index in [0.29, 0.717) is 43.5 Å². The van der Waals surface area contributed by atoms with Gasteiger partial charge in [0.05, 0.1) is 16.6 Å². The van der Waals surface area contributed by atoms with E-state index in [1.165, 1.54) is 16.8 Å². The molecule has 23 heavy (non-hydrogen) atoms. The molecule has 0 amide bonds. The van der Waals surface area contributed by atoms with Crippen molar-refractivity contribution in [3.8, 4) is 0 Å². The molecule has 6 rings (SSSR count). The summed E-state index contributed by atoms with van der Waals surface area (Å²) in [5, 5.41) is 4.52. The predicted octanol–water partition coefficient (Wildman–Crippen LogP) is 2.97. The second-order valence-corrected chi connectivity index (χ2v) is 7.52. The van der Waals surface area contributed by atoms with Crippen LogP contribution >= 0.6 is 11.6 Å². The molecule has 7 heteroatoms. The standard InChI is InChI=1S/C16H14ClF2N3O/c17-10-2-1-9(5-11(10)18)12-3-4-13-20-22(14(23)21(12)13)16-6-15(19,7-16)8-16/h1-2,5,12H,3-4,6-8H2/t12-,15?,16?/m0/s1. The Bertz CT molecular complexity index is 883. The van der Waals surface area contributed by atoms with Gasteiger partial charge in [0.25, 0.3) is 0 Å². The highest BCUT2D eigenvalue weighted by atomic mass is 35.5. The van der Waals surface area contributed by atoms with Gasteiger partial charge in [-0.2, -0.15) is 5.10 Å². The Hall–Kier alpha value is -1.69. The quantitative estimate of drug-likeness (QED) is 0.845. The van der Waals surface area contributed by atoms with Gasteiger partial charge < -0.3 is 0 Å². The van der Waals surface area contributed by atoms with Gasteiger partial charge in [-0.1, -0.05) is 17.7 Å². The fraction of sp³-hybridized carbons (Fsp3) is 0.500. The van der Waals surface area contributed by atoms with Crippen molar-refractivity contribution in [1.82, 2.24) is 14.3 Å². The van der Waals surface area contributed by atoms with Crippen molar-refractivity contribution in [1.29, 1.82) is 0 Å². The van der Waals surface area contributed by atoms with Crippen molar-refractivity contribution in [3.63, 3.8) is 0 Å². The molecule has 2 bridgehead atoms. The van der Waals surface area contributed by atoms with Crippen molar-refractivity contribution in [2.45, 2.75) is 49.4 Å². The second-order valence-electron chi connectivity index (χ2n) is 7.11. The average Bonchev–Trinajstić information content (AvgIpc) is 2.99. The molecule has 3 aliphatic carbocycles. The van der Waals surface area contributed by atoms with E-state index in [1.54, 1.807) is 10.6 Å². The average molecular weight is 338 g/mol. The lowest BCUT2D eigenvalue weighted by Gasteiger charge is -2.64. The van der Waals surface area contributed by atoms with E-state index in [9.17, 15) is 13.6 Å². The van der Waals surface area contributed by atoms with E-state index >= 15 is 0 Å². The maximum Gasteiger partial charge on any atom is 0.347 e. The van der Waals surface area contributed by atoms with Crippen LogP contribution in [0.2, 0.25) is 5.02 Å². The Kier molecular flexibility index (Phi) is 2.41. The Balaban J connectivity index is 1.57. The normalized spacial score (nSPS) is 34.0. The molecule has 1 aliphatic heterocycles. The zero-order chi connectivity index (χ0) is 16.0. The molecule has 0 saturated heterocycles. The van der Waals surface area contributed by atoms with Crippen molar-refractivity contribution in [2.75, 3.05) is 0 Å². The summed E-state index contributed by atoms with van der Waals surface area (Å²) in [6.07, 6.45) is 2.53. The number of nitrogens with zero attached hydrogens (tertiary/aromatic N) is 3. The van der Waals surface area contributed by atoms with Gasteiger partial charge in [0, 0.05) is 25.7 Å². The summed E-state index contributed by atoms with van der Waals surface area (Å²) in [4.78, 5) is 12.8. The van der Waals surface area contributed by atoms with E-state index in [-0.39, 0.29) is 16.8 Å². The molecule has 2 aromatic rings. The first-order valence-electron chi connectivity index (χ1n) is 7.76. The topological polar surface area (TPSA) is 39.8 Å². The summed E-state index contributed by atoms with van der Waals surface area (Å²) in [5.74, 6) is 0.213. The third-order valence-corrected chi connectivity index (χ3v) is 5.86. The van der Waals surface area contributed by atoms with Crippen LogP contribution in [0.25, 0.3) is 0 Å². The predicted molar refractivity (Wildman–Crippen MR) is 80.0 cm³/mol. The van der Waals surface area contributed by atoms with Crippen LogP contribution < -0.4 is 5.69 Å². The van der Waals surface area contributed by atoms with Gasteiger partial charge in [0.2, 0.25) is 0 Å². The number of fused-ring (bicyclic) bond motifs is 1. The number of halogens is 3. The van der Waals surface area contributed by atoms with Gasteiger partial charge in [-0.05, 0) is 24.1 Å². The Morgan fingerprint density at radius 1 is 1.30 bits per heavy atom. The van der Waals surface area contributed by atoms with E-state index in [2.05, 4.69) is 5.10 Å². The lowest BCUT2D eigenvalue weighted by Crippen LogP contribution is -2.72. The Morgan fingerprint density at radius 3 is 2.70 bits per heavy atom. The number of alkyl halides is 1. The van der Waals surface area contributed by atoms with Crippen LogP contribution in [0.4, 0.5) is 8.78 Å². The summed E-state index contributed by atoms with van der Waals surface area (Å²) in [7, 11) is 0. The van der Waals surface area contributed by atoms with Crippen molar-refractivity contribution < 1.29 is 8.78 Å². The van der Waals surface area contributed by atoms with Gasteiger partial charge in [0.1, 0.15) is 17.3 Å². The van der Waals surface area contributed by atoms with Gasteiger partial charge in [-0.15, -0.1) is 0 Å². The van der Waals surface area contributed by atoms with Crippen LogP contribution in [0.1, 0.15) is 43.1 Å². The van der Waals surface area contributed by atoms with Gasteiger partial charge in [0.15, 0.2) is 0 Å². The van der Waals surface area contributed by atoms with Crippen molar-refractivity contribution in [2.24, 2.45) is 0 Å². The summed E-state index contributed by atoms with van der Waals surface area (Å²) >= 11 is 5.73. The molecule has 4 nitrogen and oxygen atoms in total. The summed E-state index contributed by atoms with van der Waals surface area (Å²) in [6, 6.07) is 4.40. The lowest BCUT2D eigenvalue weighted by molar-refractivity contribution is -0.205. The summed E-state index contributed by atoms with van der Waals surface area (Å²) in [5.41, 5.74) is -0.989. The first-order chi connectivity index (χ1) is 10.9. The number of aryl methyl sites for hydroxylation is 1. The molecule has 0 N–H and O–H groups in total. The monoisotopic (exact) mass is 337 g/mol. The van der Waals surface area contributed by atoms with Crippen molar-refractivity contribution >= 4 is 11.6 Å². The van der Waals surface area contributed by atoms with Crippen LogP contribution in [0, 0.1) is 5.82 Å². The minimum atomic E-state index is -1.08. The van der Waals surface area contributed by atoms with E-state index in [4.69, 9.17) is 11.6 Å². The third-order valence-electron chi connectivity index (χ3n) is 5.55. The maximum absolute atomic E-state index is 13.8. The van der Waals surface area contributed by atoms with Crippen LogP contribution in [0.15, 0.2) is 23.0 Å². The molecule has 1 aromatic heterocycles. The van der Waals surface area contributed by atoms with Crippen LogP contribution in [-0.4, -0.2) is 20.0 Å². The Morgan fingerprint density at radius 2 is 2.04 bits per heavy atom. The fourth-order valence-corrected chi connectivity index (χ4v) is 4.60. The van der Waals surface area contributed by atoms with Gasteiger partial charge in [-0.25, -0.2) is 18.3 Å². The van der Waals surface area contributed by atoms with Crippen LogP contribution in [-0.2, 0) is 12.0 Å². The SMILES string of the molecule is O=c1n(C23CC(F)(C2)C3)nc2n1[C@H](c1ccc(Cl)c(F)c1)CC2. The number of rotatable bonds is 2. The smallest absolute Gasteiger partial charge is 0.271 e. The molecular weight excluding hydrogens is 324 g/mol. The molecule has 4 aliphatic rings. The lowest BCUT2D eigenvalue weighted by atomic mass is 9.47. The number of aromatic nitrogens is 3. The highest BCUT2D eigenvalue weighted by molar-refractivity contribution is 6.30. The molecule has 3 fully saturated rings. The summed E-state index contributed by atoms with van der Waals surface area (Å²) in [6.45, 7) is 0. The fourth-order valence-electron chi connectivity index (χ4n) is 4.48. The zero-order valence-electron chi connectivity index (χ0n) is 12.2. The van der Waals surface area contributed by atoms with Crippen LogP contribution in [0.5, 0.6) is 0 Å². The number of benzene rings is 1. The molecular formula is C16H14ClF2N3O.